The van der Waals surface area contributed by atoms with E-state index in [1.165, 1.54) is 0 Å². The number of nitrogens with zero attached hydrogens (tertiary/aromatic N) is 3. The molecule has 0 aromatic carbocycles. The van der Waals surface area contributed by atoms with Gasteiger partial charge in [0.1, 0.15) is 0 Å². The molecule has 1 atom stereocenters. The summed E-state index contributed by atoms with van der Waals surface area (Å²) in [6, 6.07) is 5.79. The van der Waals surface area contributed by atoms with E-state index in [2.05, 4.69) is 15.4 Å². The number of hydrogen-bond donors (Lipinski definition) is 1. The van der Waals surface area contributed by atoms with Crippen LogP contribution >= 0.6 is 0 Å². The number of amides is 1. The molecule has 0 spiro atoms. The van der Waals surface area contributed by atoms with Gasteiger partial charge in [-0.3, -0.25) is 14.5 Å². The number of rotatable bonds is 5. The van der Waals surface area contributed by atoms with E-state index >= 15 is 0 Å². The van der Waals surface area contributed by atoms with Gasteiger partial charge in [0.2, 0.25) is 0 Å². The summed E-state index contributed by atoms with van der Waals surface area (Å²) in [7, 11) is 0. The van der Waals surface area contributed by atoms with E-state index in [0.29, 0.717) is 5.56 Å². The maximum atomic E-state index is 12.7. The van der Waals surface area contributed by atoms with Crippen molar-refractivity contribution in [2.75, 3.05) is 0 Å². The van der Waals surface area contributed by atoms with Gasteiger partial charge in [-0.1, -0.05) is 13.0 Å². The van der Waals surface area contributed by atoms with Crippen molar-refractivity contribution in [3.63, 3.8) is 0 Å². The minimum atomic E-state index is -0.0869. The molecule has 0 bridgehead atoms. The zero-order valence-corrected chi connectivity index (χ0v) is 14.0. The highest BCUT2D eigenvalue weighted by atomic mass is 16.1. The average molecular weight is 300 g/mol. The topological polar surface area (TPSA) is 59.8 Å². The summed E-state index contributed by atoms with van der Waals surface area (Å²) in [4.78, 5) is 17.2. The molecular weight excluding hydrogens is 276 g/mol. The van der Waals surface area contributed by atoms with E-state index in [-0.39, 0.29) is 11.9 Å². The number of pyridine rings is 1. The molecule has 0 aliphatic rings. The van der Waals surface area contributed by atoms with Crippen LogP contribution in [0.15, 0.2) is 18.2 Å². The first-order chi connectivity index (χ1) is 10.5. The molecule has 2 rings (SSSR count). The Balaban J connectivity index is 2.25. The highest BCUT2D eigenvalue weighted by molar-refractivity contribution is 5.96. The van der Waals surface area contributed by atoms with E-state index in [0.717, 1.165) is 35.7 Å². The minimum Gasteiger partial charge on any atom is -0.344 e. The Morgan fingerprint density at radius 3 is 2.55 bits per heavy atom. The van der Waals surface area contributed by atoms with Crippen LogP contribution in [0.3, 0.4) is 0 Å². The molecule has 0 fully saturated rings. The molecule has 0 radical (unpaired) electrons. The fourth-order valence-corrected chi connectivity index (χ4v) is 2.71. The van der Waals surface area contributed by atoms with E-state index in [4.69, 9.17) is 0 Å². The highest BCUT2D eigenvalue weighted by Crippen LogP contribution is 2.18. The minimum absolute atomic E-state index is 0.0788. The molecular formula is C17H24N4O. The predicted molar refractivity (Wildman–Crippen MR) is 86.8 cm³/mol. The lowest BCUT2D eigenvalue weighted by atomic mass is 10.1. The first kappa shape index (κ1) is 16.2. The van der Waals surface area contributed by atoms with Crippen molar-refractivity contribution in [1.82, 2.24) is 20.1 Å². The van der Waals surface area contributed by atoms with Crippen LogP contribution in [0, 0.1) is 20.8 Å². The Kier molecular flexibility index (Phi) is 4.96. The van der Waals surface area contributed by atoms with Gasteiger partial charge in [-0.05, 0) is 46.2 Å². The predicted octanol–water partition coefficient (Wildman–Crippen LogP) is 3.10. The molecule has 1 amide bonds. The van der Waals surface area contributed by atoms with Gasteiger partial charge in [-0.25, -0.2) is 0 Å². The number of carbonyl (C=O) groups excluding carboxylic acids is 1. The number of aryl methyl sites for hydroxylation is 3. The summed E-state index contributed by atoms with van der Waals surface area (Å²) in [5.41, 5.74) is 4.20. The summed E-state index contributed by atoms with van der Waals surface area (Å²) < 4.78 is 1.86. The van der Waals surface area contributed by atoms with E-state index in [1.54, 1.807) is 0 Å². The molecule has 118 valence electrons. The third-order valence-corrected chi connectivity index (χ3v) is 3.89. The molecule has 5 heteroatoms. The second kappa shape index (κ2) is 6.73. The van der Waals surface area contributed by atoms with Crippen molar-refractivity contribution in [2.24, 2.45) is 0 Å². The van der Waals surface area contributed by atoms with Crippen molar-refractivity contribution in [1.29, 1.82) is 0 Å². The normalized spacial score (nSPS) is 12.2. The van der Waals surface area contributed by atoms with Gasteiger partial charge in [-0.15, -0.1) is 0 Å². The highest BCUT2D eigenvalue weighted by Gasteiger charge is 2.21. The standard InChI is InChI=1S/C17H24N4O/c1-6-14(15-10-8-9-11(3)18-15)19-17(22)16-12(4)20-21(7-2)13(16)5/h8-10,14H,6-7H2,1-5H3,(H,19,22)/t14-/m0/s1. The van der Waals surface area contributed by atoms with Crippen molar-refractivity contribution >= 4 is 5.91 Å². The number of nitrogens with one attached hydrogen (secondary N) is 1. The molecule has 0 aliphatic heterocycles. The molecule has 0 unspecified atom stereocenters. The Morgan fingerprint density at radius 1 is 1.27 bits per heavy atom. The maximum absolute atomic E-state index is 12.7. The van der Waals surface area contributed by atoms with Gasteiger partial charge in [0.25, 0.3) is 5.91 Å². The Morgan fingerprint density at radius 2 is 2.00 bits per heavy atom. The van der Waals surface area contributed by atoms with Crippen LogP contribution in [0.5, 0.6) is 0 Å². The van der Waals surface area contributed by atoms with E-state index < -0.39 is 0 Å². The summed E-state index contributed by atoms with van der Waals surface area (Å²) in [5.74, 6) is -0.0788. The first-order valence-electron chi connectivity index (χ1n) is 7.76. The monoisotopic (exact) mass is 300 g/mol. The first-order valence-corrected chi connectivity index (χ1v) is 7.76. The van der Waals surface area contributed by atoms with Crippen LogP contribution in [0.4, 0.5) is 0 Å². The number of carbonyl (C=O) groups is 1. The molecule has 2 aromatic rings. The Hall–Kier alpha value is -2.17. The lowest BCUT2D eigenvalue weighted by Gasteiger charge is -2.17. The SMILES string of the molecule is CC[C@H](NC(=O)c1c(C)nn(CC)c1C)c1cccc(C)n1. The van der Waals surface area contributed by atoms with Crippen LogP contribution in [0.25, 0.3) is 0 Å². The Labute approximate surface area is 131 Å². The van der Waals surface area contributed by atoms with Gasteiger partial charge in [0.15, 0.2) is 0 Å². The van der Waals surface area contributed by atoms with Gasteiger partial charge >= 0.3 is 0 Å². The van der Waals surface area contributed by atoms with Gasteiger partial charge in [0, 0.05) is 17.9 Å². The lowest BCUT2D eigenvalue weighted by Crippen LogP contribution is -2.29. The molecule has 2 heterocycles. The molecule has 5 nitrogen and oxygen atoms in total. The third-order valence-electron chi connectivity index (χ3n) is 3.89. The van der Waals surface area contributed by atoms with Crippen LogP contribution < -0.4 is 5.32 Å². The van der Waals surface area contributed by atoms with Crippen molar-refractivity contribution < 1.29 is 4.79 Å². The lowest BCUT2D eigenvalue weighted by molar-refractivity contribution is 0.0933. The summed E-state index contributed by atoms with van der Waals surface area (Å²) in [6.45, 7) is 10.6. The zero-order chi connectivity index (χ0) is 16.3. The molecule has 22 heavy (non-hydrogen) atoms. The maximum Gasteiger partial charge on any atom is 0.255 e. The second-order valence-corrected chi connectivity index (χ2v) is 5.50. The quantitative estimate of drug-likeness (QED) is 0.923. The molecule has 1 N–H and O–H groups in total. The summed E-state index contributed by atoms with van der Waals surface area (Å²) in [5, 5.41) is 7.50. The second-order valence-electron chi connectivity index (χ2n) is 5.50. The van der Waals surface area contributed by atoms with E-state index in [9.17, 15) is 4.79 Å². The number of aromatic nitrogens is 3. The third kappa shape index (κ3) is 3.18. The largest absolute Gasteiger partial charge is 0.344 e. The van der Waals surface area contributed by atoms with Gasteiger partial charge in [0.05, 0.1) is 23.0 Å². The zero-order valence-electron chi connectivity index (χ0n) is 14.0. The van der Waals surface area contributed by atoms with Crippen molar-refractivity contribution in [2.45, 2.75) is 53.6 Å². The van der Waals surface area contributed by atoms with Gasteiger partial charge in [-0.2, -0.15) is 5.10 Å². The fraction of sp³-hybridized carbons (Fsp3) is 0.471. The fourth-order valence-electron chi connectivity index (χ4n) is 2.71. The summed E-state index contributed by atoms with van der Waals surface area (Å²) in [6.07, 6.45) is 0.794. The average Bonchev–Trinajstić information content (AvgIpc) is 2.78. The molecule has 2 aromatic heterocycles. The van der Waals surface area contributed by atoms with Crippen molar-refractivity contribution in [3.05, 3.63) is 46.5 Å². The van der Waals surface area contributed by atoms with Gasteiger partial charge < -0.3 is 5.32 Å². The molecule has 0 saturated carbocycles. The van der Waals surface area contributed by atoms with Crippen molar-refractivity contribution in [3.8, 4) is 0 Å². The number of hydrogen-bond acceptors (Lipinski definition) is 3. The van der Waals surface area contributed by atoms with Crippen LogP contribution in [-0.4, -0.2) is 20.7 Å². The van der Waals surface area contributed by atoms with Crippen LogP contribution in [0.2, 0.25) is 0 Å². The molecule has 0 aliphatic carbocycles. The van der Waals surface area contributed by atoms with Crippen LogP contribution in [0.1, 0.15) is 59.4 Å². The molecule has 0 saturated heterocycles. The summed E-state index contributed by atoms with van der Waals surface area (Å²) >= 11 is 0. The van der Waals surface area contributed by atoms with E-state index in [1.807, 2.05) is 57.5 Å². The Bertz CT molecular complexity index is 675. The smallest absolute Gasteiger partial charge is 0.255 e. The van der Waals surface area contributed by atoms with Crippen LogP contribution in [-0.2, 0) is 6.54 Å².